The molecule has 0 amide bonds. The Bertz CT molecular complexity index is 2180. The van der Waals surface area contributed by atoms with Gasteiger partial charge in [0.15, 0.2) is 0 Å². The van der Waals surface area contributed by atoms with Crippen molar-refractivity contribution in [3.05, 3.63) is 55.8 Å². The van der Waals surface area contributed by atoms with Crippen LogP contribution >= 0.6 is 0 Å². The molecule has 8 aromatic carbocycles. The molecule has 0 radical (unpaired) electrons. The minimum atomic E-state index is -0.661. The first-order valence-corrected chi connectivity index (χ1v) is 11.8. The molecule has 192 valence electrons. The predicted molar refractivity (Wildman–Crippen MR) is 146 cm³/mol. The van der Waals surface area contributed by atoms with Gasteiger partial charge in [-0.05, 0) is 47.9 Å². The Hall–Kier alpha value is -3.92. The quantitative estimate of drug-likeness (QED) is 0.0971. The molecule has 0 bridgehead atoms. The minimum Gasteiger partial charge on any atom is -0.507 e. The van der Waals surface area contributed by atoms with Crippen LogP contribution in [0.15, 0.2) is 33.9 Å². The second-order valence-electron chi connectivity index (χ2n) is 10.2. The third kappa shape index (κ3) is 2.43. The molecule has 0 aromatic heterocycles. The van der Waals surface area contributed by atoms with E-state index in [1.165, 1.54) is 12.1 Å². The van der Waals surface area contributed by atoms with Crippen LogP contribution in [0.2, 0.25) is 0 Å². The minimum absolute atomic E-state index is 0. The van der Waals surface area contributed by atoms with Crippen molar-refractivity contribution in [2.24, 2.45) is 0 Å². The van der Waals surface area contributed by atoms with Gasteiger partial charge in [-0.25, -0.2) is 0 Å². The van der Waals surface area contributed by atoms with Crippen molar-refractivity contribution >= 4 is 75.4 Å². The fraction of sp³-hybridized carbons (Fsp3) is 0.0667. The third-order valence-corrected chi connectivity index (χ3v) is 8.24. The predicted octanol–water partition coefficient (Wildman–Crippen LogP) is 5.08. The van der Waals surface area contributed by atoms with Crippen LogP contribution in [-0.4, -0.2) is 30.6 Å². The Kier molecular flexibility index (Phi) is 4.45. The molecular weight excluding hydrogens is 646 g/mol. The summed E-state index contributed by atoms with van der Waals surface area (Å²) in [4.78, 5) is 27.8. The number of hydrogen-bond acceptors (Lipinski definition) is 8. The molecule has 0 atom stereocenters. The van der Waals surface area contributed by atoms with E-state index in [0.29, 0.717) is 43.4 Å². The van der Waals surface area contributed by atoms with Crippen LogP contribution in [0.4, 0.5) is 0 Å². The Morgan fingerprint density at radius 1 is 0.359 bits per heavy atom. The monoisotopic (exact) mass is 662 g/mol. The van der Waals surface area contributed by atoms with Gasteiger partial charge >= 0.3 is 0 Å². The molecule has 8 nitrogen and oxygen atoms in total. The summed E-state index contributed by atoms with van der Waals surface area (Å²) in [6.07, 6.45) is 0. The van der Waals surface area contributed by atoms with Gasteiger partial charge in [0, 0.05) is 95.2 Å². The average Bonchev–Trinajstić information content (AvgIpc) is 2.82. The van der Waals surface area contributed by atoms with Crippen LogP contribution in [0.25, 0.3) is 75.4 Å². The molecule has 8 aromatic rings. The summed E-state index contributed by atoms with van der Waals surface area (Å²) in [6.45, 7) is 3.51. The first kappa shape index (κ1) is 24.1. The summed E-state index contributed by atoms with van der Waals surface area (Å²) in [5.74, 6) is -2.51. The van der Waals surface area contributed by atoms with Crippen molar-refractivity contribution in [1.82, 2.24) is 0 Å². The Morgan fingerprint density at radius 3 is 0.923 bits per heavy atom. The number of aromatic hydroxyl groups is 6. The van der Waals surface area contributed by atoms with E-state index in [-0.39, 0.29) is 94.5 Å². The van der Waals surface area contributed by atoms with E-state index in [1.807, 2.05) is 0 Å². The maximum atomic E-state index is 13.9. The molecule has 0 aliphatic rings. The summed E-state index contributed by atoms with van der Waals surface area (Å²) < 4.78 is 0. The number of rotatable bonds is 0. The van der Waals surface area contributed by atoms with E-state index >= 15 is 0 Å². The first-order valence-electron chi connectivity index (χ1n) is 11.8. The molecule has 0 aliphatic heterocycles. The van der Waals surface area contributed by atoms with E-state index in [2.05, 4.69) is 0 Å². The van der Waals surface area contributed by atoms with E-state index in [4.69, 9.17) is 0 Å². The number of phenols is 6. The fourth-order valence-corrected chi connectivity index (χ4v) is 6.98. The third-order valence-electron chi connectivity index (χ3n) is 8.24. The van der Waals surface area contributed by atoms with Crippen molar-refractivity contribution in [3.63, 3.8) is 0 Å². The van der Waals surface area contributed by atoms with Gasteiger partial charge in [-0.1, -0.05) is 0 Å². The number of hydrogen-bond donors (Lipinski definition) is 6. The maximum absolute atomic E-state index is 13.9. The summed E-state index contributed by atoms with van der Waals surface area (Å²) in [5, 5.41) is 68.4. The van der Waals surface area contributed by atoms with Gasteiger partial charge in [0.1, 0.15) is 34.5 Å². The number of phenolic OH excluding ortho intramolecular Hbond substituents is 6. The Balaban J connectivity index is 0.00000253. The van der Waals surface area contributed by atoms with Gasteiger partial charge in [-0.3, -0.25) is 9.59 Å². The van der Waals surface area contributed by atoms with Gasteiger partial charge in [-0.2, -0.15) is 0 Å². The largest absolute Gasteiger partial charge is 0.507 e. The molecule has 0 saturated heterocycles. The van der Waals surface area contributed by atoms with E-state index in [0.717, 1.165) is 12.1 Å². The van der Waals surface area contributed by atoms with Crippen molar-refractivity contribution in [3.8, 4) is 34.5 Å². The molecule has 9 heteroatoms. The van der Waals surface area contributed by atoms with Crippen LogP contribution in [0.5, 0.6) is 34.5 Å². The summed E-state index contributed by atoms with van der Waals surface area (Å²) in [6, 6.07) is 4.86. The topological polar surface area (TPSA) is 156 Å². The molecule has 0 spiro atoms. The van der Waals surface area contributed by atoms with Gasteiger partial charge < -0.3 is 30.6 Å². The zero-order chi connectivity index (χ0) is 26.7. The summed E-state index contributed by atoms with van der Waals surface area (Å²) in [5.41, 5.74) is -0.112. The van der Waals surface area contributed by atoms with Crippen LogP contribution in [-0.2, 0) is 0 Å². The summed E-state index contributed by atoms with van der Waals surface area (Å²) >= 11 is 0. The van der Waals surface area contributed by atoms with Crippen molar-refractivity contribution in [2.45, 2.75) is 13.8 Å². The molecule has 0 fully saturated rings. The SMILES string of the molecule is Cc1cc(O)c2c(=O)c3c(O)cc(O)c4c5c(O)cc(O)c6c(=O)c7c(O)cc(C)c8c1c2c(c34)c(c78)c65.[Gd]. The Morgan fingerprint density at radius 2 is 0.590 bits per heavy atom. The van der Waals surface area contributed by atoms with Gasteiger partial charge in [0.2, 0.25) is 10.9 Å². The molecule has 39 heavy (non-hydrogen) atoms. The van der Waals surface area contributed by atoms with Gasteiger partial charge in [-0.15, -0.1) is 0 Å². The zero-order valence-electron chi connectivity index (χ0n) is 20.2. The molecule has 0 heterocycles. The zero-order valence-corrected chi connectivity index (χ0v) is 22.4. The van der Waals surface area contributed by atoms with Crippen LogP contribution in [0, 0.1) is 53.8 Å². The number of fused-ring (bicyclic) bond motifs is 2. The molecule has 0 aliphatic carbocycles. The van der Waals surface area contributed by atoms with Crippen molar-refractivity contribution in [1.29, 1.82) is 0 Å². The molecular formula is C30H16GdO8. The molecule has 6 N–H and O–H groups in total. The maximum Gasteiger partial charge on any atom is 0.201 e. The van der Waals surface area contributed by atoms with Crippen molar-refractivity contribution in [2.75, 3.05) is 0 Å². The smallest absolute Gasteiger partial charge is 0.201 e. The van der Waals surface area contributed by atoms with E-state index < -0.39 is 33.9 Å². The Labute approximate surface area is 248 Å². The fourth-order valence-electron chi connectivity index (χ4n) is 6.98. The van der Waals surface area contributed by atoms with Crippen LogP contribution in [0.1, 0.15) is 11.1 Å². The van der Waals surface area contributed by atoms with Crippen molar-refractivity contribution < 1.29 is 70.6 Å². The van der Waals surface area contributed by atoms with E-state index in [9.17, 15) is 40.2 Å². The molecule has 8 rings (SSSR count). The summed E-state index contributed by atoms with van der Waals surface area (Å²) in [7, 11) is 0. The van der Waals surface area contributed by atoms with E-state index in [1.54, 1.807) is 13.8 Å². The molecule has 0 unspecified atom stereocenters. The number of aryl methyl sites for hydroxylation is 2. The molecule has 0 saturated carbocycles. The standard InChI is InChI=1S/C30H16O8.Gd/c1-7-3-9(31)19-23-15(7)16-8(2)4-10(32)20-24(16)28-26-18(12(34)6-14(36)22(26)30(20)38)17-11(33)5-13(35)21(29(19)37)25(17)27(23)28;/h3-6,31-36H,1-2H3;. The van der Waals surface area contributed by atoms with Gasteiger partial charge in [0.05, 0.1) is 21.5 Å². The number of benzene rings is 8. The first-order chi connectivity index (χ1) is 18.0. The van der Waals surface area contributed by atoms with Crippen LogP contribution in [0.3, 0.4) is 0 Å². The average molecular weight is 662 g/mol. The van der Waals surface area contributed by atoms with Crippen LogP contribution < -0.4 is 10.9 Å². The second-order valence-corrected chi connectivity index (χ2v) is 10.2. The normalized spacial score (nSPS) is 12.5. The van der Waals surface area contributed by atoms with Gasteiger partial charge in [0.25, 0.3) is 0 Å². The second kappa shape index (κ2) is 7.18.